The summed E-state index contributed by atoms with van der Waals surface area (Å²) in [5.41, 5.74) is 3.08. The molecule has 1 heterocycles. The van der Waals surface area contributed by atoms with Crippen molar-refractivity contribution in [3.05, 3.63) is 28.5 Å². The molecule has 0 radical (unpaired) electrons. The van der Waals surface area contributed by atoms with E-state index in [0.29, 0.717) is 26.8 Å². The Morgan fingerprint density at radius 2 is 2.00 bits per heavy atom. The van der Waals surface area contributed by atoms with Gasteiger partial charge in [-0.2, -0.15) is 0 Å². The molecule has 0 saturated carbocycles. The maximum Gasteiger partial charge on any atom is 0.151 e. The number of rotatable bonds is 1. The van der Waals surface area contributed by atoms with E-state index in [0.717, 1.165) is 0 Å². The molecule has 0 amide bonds. The largest absolute Gasteiger partial charge is 0.308 e. The number of nitrogens with two attached hydrogens (primary N) is 1. The molecule has 0 aliphatic rings. The lowest BCUT2D eigenvalue weighted by Gasteiger charge is -2.05. The van der Waals surface area contributed by atoms with E-state index in [9.17, 15) is 0 Å². The summed E-state index contributed by atoms with van der Waals surface area (Å²) in [5, 5.41) is 1.70. The van der Waals surface area contributed by atoms with Crippen molar-refractivity contribution in [3.8, 4) is 0 Å². The van der Waals surface area contributed by atoms with Crippen LogP contribution in [0.2, 0.25) is 10.0 Å². The molecular formula is C8H6Cl2N4. The van der Waals surface area contributed by atoms with E-state index in [-0.39, 0.29) is 0 Å². The second kappa shape index (κ2) is 3.57. The van der Waals surface area contributed by atoms with Crippen LogP contribution in [0.4, 0.5) is 5.82 Å². The molecule has 0 aliphatic heterocycles. The number of nitrogen functional groups attached to an aromatic ring is 1. The number of hydrazine groups is 1. The molecule has 14 heavy (non-hydrogen) atoms. The van der Waals surface area contributed by atoms with Crippen LogP contribution in [0.25, 0.3) is 10.9 Å². The predicted octanol–water partition coefficient (Wildman–Crippen LogP) is 2.22. The van der Waals surface area contributed by atoms with E-state index in [1.807, 2.05) is 0 Å². The van der Waals surface area contributed by atoms with Crippen LogP contribution in [-0.4, -0.2) is 9.97 Å². The predicted molar refractivity (Wildman–Crippen MR) is 57.4 cm³/mol. The molecule has 2 rings (SSSR count). The molecule has 0 atom stereocenters. The van der Waals surface area contributed by atoms with Gasteiger partial charge in [-0.3, -0.25) is 0 Å². The molecule has 2 aromatic rings. The molecule has 0 unspecified atom stereocenters. The smallest absolute Gasteiger partial charge is 0.151 e. The van der Waals surface area contributed by atoms with Crippen LogP contribution in [0, 0.1) is 0 Å². The summed E-state index contributed by atoms with van der Waals surface area (Å²) in [6.07, 6.45) is 1.39. The van der Waals surface area contributed by atoms with Gasteiger partial charge in [0, 0.05) is 10.4 Å². The molecule has 1 aromatic heterocycles. The Hall–Kier alpha value is -1.10. The first-order chi connectivity index (χ1) is 6.72. The highest BCUT2D eigenvalue weighted by atomic mass is 35.5. The normalized spacial score (nSPS) is 10.5. The molecule has 0 spiro atoms. The van der Waals surface area contributed by atoms with Crippen LogP contribution >= 0.6 is 23.2 Å². The fourth-order valence-corrected chi connectivity index (χ4v) is 1.75. The van der Waals surface area contributed by atoms with Crippen molar-refractivity contribution in [2.75, 3.05) is 5.43 Å². The van der Waals surface area contributed by atoms with E-state index in [4.69, 9.17) is 29.0 Å². The summed E-state index contributed by atoms with van der Waals surface area (Å²) in [7, 11) is 0. The standard InChI is InChI=1S/C8H6Cl2N4/c9-4-1-5-7(6(10)2-4)12-3-13-8(5)14-11/h1-3H,11H2,(H,12,13,14). The molecule has 0 fully saturated rings. The van der Waals surface area contributed by atoms with Crippen LogP contribution in [-0.2, 0) is 0 Å². The minimum Gasteiger partial charge on any atom is -0.308 e. The Bertz CT molecular complexity index is 486. The molecule has 0 saturated heterocycles. The van der Waals surface area contributed by atoms with Crippen LogP contribution in [0.3, 0.4) is 0 Å². The Balaban J connectivity index is 2.86. The van der Waals surface area contributed by atoms with E-state index in [2.05, 4.69) is 15.4 Å². The van der Waals surface area contributed by atoms with Gasteiger partial charge in [0.05, 0.1) is 10.5 Å². The Morgan fingerprint density at radius 1 is 1.21 bits per heavy atom. The highest BCUT2D eigenvalue weighted by Crippen LogP contribution is 2.29. The number of fused-ring (bicyclic) bond motifs is 1. The lowest BCUT2D eigenvalue weighted by molar-refractivity contribution is 1.18. The quantitative estimate of drug-likeness (QED) is 0.581. The first kappa shape index (κ1) is 9.45. The van der Waals surface area contributed by atoms with Crippen LogP contribution in [0.15, 0.2) is 18.5 Å². The summed E-state index contributed by atoms with van der Waals surface area (Å²) in [5.74, 6) is 5.79. The number of aromatic nitrogens is 2. The molecule has 72 valence electrons. The number of nitrogens with zero attached hydrogens (tertiary/aromatic N) is 2. The first-order valence-electron chi connectivity index (χ1n) is 3.78. The van der Waals surface area contributed by atoms with Gasteiger partial charge in [-0.15, -0.1) is 0 Å². The van der Waals surface area contributed by atoms with Crippen molar-refractivity contribution in [1.29, 1.82) is 0 Å². The summed E-state index contributed by atoms with van der Waals surface area (Å²) in [4.78, 5) is 7.98. The maximum absolute atomic E-state index is 5.95. The Kier molecular flexibility index (Phi) is 2.41. The van der Waals surface area contributed by atoms with Crippen LogP contribution in [0.5, 0.6) is 0 Å². The van der Waals surface area contributed by atoms with Crippen LogP contribution < -0.4 is 11.3 Å². The number of hydrogen-bond acceptors (Lipinski definition) is 4. The van der Waals surface area contributed by atoms with Crippen molar-refractivity contribution >= 4 is 39.9 Å². The Labute approximate surface area is 90.0 Å². The van der Waals surface area contributed by atoms with Crippen LogP contribution in [0.1, 0.15) is 0 Å². The fraction of sp³-hybridized carbons (Fsp3) is 0. The molecule has 0 aliphatic carbocycles. The summed E-state index contributed by atoms with van der Waals surface area (Å²) in [6.45, 7) is 0. The average Bonchev–Trinajstić information content (AvgIpc) is 2.17. The zero-order valence-corrected chi connectivity index (χ0v) is 8.47. The number of halogens is 2. The first-order valence-corrected chi connectivity index (χ1v) is 4.54. The van der Waals surface area contributed by atoms with Gasteiger partial charge in [0.2, 0.25) is 0 Å². The number of nitrogens with one attached hydrogen (secondary N) is 1. The van der Waals surface area contributed by atoms with E-state index in [1.165, 1.54) is 6.33 Å². The molecule has 4 nitrogen and oxygen atoms in total. The second-order valence-electron chi connectivity index (χ2n) is 2.65. The summed E-state index contributed by atoms with van der Waals surface area (Å²) >= 11 is 11.8. The Morgan fingerprint density at radius 3 is 2.71 bits per heavy atom. The third-order valence-corrected chi connectivity index (χ3v) is 2.30. The van der Waals surface area contributed by atoms with Crippen molar-refractivity contribution in [2.45, 2.75) is 0 Å². The SMILES string of the molecule is NNc1ncnc2c(Cl)cc(Cl)cc12. The topological polar surface area (TPSA) is 63.8 Å². The maximum atomic E-state index is 5.95. The number of anilines is 1. The second-order valence-corrected chi connectivity index (χ2v) is 3.49. The van der Waals surface area contributed by atoms with E-state index in [1.54, 1.807) is 12.1 Å². The average molecular weight is 229 g/mol. The number of benzene rings is 1. The summed E-state index contributed by atoms with van der Waals surface area (Å²) in [6, 6.07) is 3.33. The zero-order valence-electron chi connectivity index (χ0n) is 6.96. The van der Waals surface area contributed by atoms with Gasteiger partial charge in [0.1, 0.15) is 6.33 Å². The van der Waals surface area contributed by atoms with Crippen molar-refractivity contribution in [1.82, 2.24) is 9.97 Å². The van der Waals surface area contributed by atoms with Gasteiger partial charge < -0.3 is 5.43 Å². The minimum absolute atomic E-state index is 0.478. The summed E-state index contributed by atoms with van der Waals surface area (Å²) < 4.78 is 0. The minimum atomic E-state index is 0.478. The van der Waals surface area contributed by atoms with Gasteiger partial charge in [0.25, 0.3) is 0 Å². The molecule has 0 bridgehead atoms. The van der Waals surface area contributed by atoms with E-state index < -0.39 is 0 Å². The highest BCUT2D eigenvalue weighted by Gasteiger charge is 2.06. The van der Waals surface area contributed by atoms with Crippen molar-refractivity contribution in [2.24, 2.45) is 5.84 Å². The zero-order chi connectivity index (χ0) is 10.1. The van der Waals surface area contributed by atoms with Gasteiger partial charge in [-0.05, 0) is 12.1 Å². The van der Waals surface area contributed by atoms with Gasteiger partial charge in [-0.1, -0.05) is 23.2 Å². The van der Waals surface area contributed by atoms with Gasteiger partial charge >= 0.3 is 0 Å². The van der Waals surface area contributed by atoms with Crippen molar-refractivity contribution < 1.29 is 0 Å². The van der Waals surface area contributed by atoms with Crippen molar-refractivity contribution in [3.63, 3.8) is 0 Å². The third-order valence-electron chi connectivity index (χ3n) is 1.79. The molecule has 3 N–H and O–H groups in total. The lowest BCUT2D eigenvalue weighted by Crippen LogP contribution is -2.09. The van der Waals surface area contributed by atoms with Gasteiger partial charge in [-0.25, -0.2) is 15.8 Å². The van der Waals surface area contributed by atoms with E-state index >= 15 is 0 Å². The lowest BCUT2D eigenvalue weighted by atomic mass is 10.2. The highest BCUT2D eigenvalue weighted by molar-refractivity contribution is 6.38. The van der Waals surface area contributed by atoms with Gasteiger partial charge in [0.15, 0.2) is 5.82 Å². The molecular weight excluding hydrogens is 223 g/mol. The fourth-order valence-electron chi connectivity index (χ4n) is 1.21. The third kappa shape index (κ3) is 1.48. The molecule has 6 heteroatoms. The number of hydrogen-bond donors (Lipinski definition) is 2. The monoisotopic (exact) mass is 228 g/mol. The molecule has 1 aromatic carbocycles.